The lowest BCUT2D eigenvalue weighted by Crippen LogP contribution is -2.05. The summed E-state index contributed by atoms with van der Waals surface area (Å²) in [4.78, 5) is 15.8. The van der Waals surface area contributed by atoms with Gasteiger partial charge in [-0.15, -0.1) is 0 Å². The lowest BCUT2D eigenvalue weighted by molar-refractivity contribution is 0.104. The van der Waals surface area contributed by atoms with Gasteiger partial charge in [0.1, 0.15) is 18.5 Å². The maximum absolute atomic E-state index is 12.7. The number of epoxide rings is 1. The Balaban J connectivity index is 1.57. The molecule has 0 bridgehead atoms. The van der Waals surface area contributed by atoms with Crippen molar-refractivity contribution in [2.75, 3.05) is 13.2 Å². The van der Waals surface area contributed by atoms with Gasteiger partial charge in [-0.25, -0.2) is 0 Å². The van der Waals surface area contributed by atoms with Crippen molar-refractivity contribution in [3.8, 4) is 5.75 Å². The molecule has 1 saturated heterocycles. The first-order valence-corrected chi connectivity index (χ1v) is 7.26. The normalized spacial score (nSPS) is 16.6. The highest BCUT2D eigenvalue weighted by molar-refractivity contribution is 6.16. The van der Waals surface area contributed by atoms with E-state index in [4.69, 9.17) is 9.47 Å². The molecule has 1 aliphatic rings. The number of hydrogen-bond donors (Lipinski definition) is 1. The van der Waals surface area contributed by atoms with E-state index in [1.807, 2.05) is 42.6 Å². The van der Waals surface area contributed by atoms with Gasteiger partial charge in [-0.05, 0) is 36.4 Å². The Labute approximate surface area is 127 Å². The maximum Gasteiger partial charge on any atom is 0.193 e. The molecule has 0 saturated carbocycles. The molecule has 3 aromatic rings. The molecule has 4 heteroatoms. The molecule has 22 heavy (non-hydrogen) atoms. The minimum absolute atomic E-state index is 0.0160. The van der Waals surface area contributed by atoms with Crippen LogP contribution in [-0.4, -0.2) is 30.1 Å². The summed E-state index contributed by atoms with van der Waals surface area (Å²) in [6.45, 7) is 1.34. The molecule has 1 N–H and O–H groups in total. The number of fused-ring (bicyclic) bond motifs is 1. The van der Waals surface area contributed by atoms with Crippen molar-refractivity contribution in [2.45, 2.75) is 6.10 Å². The van der Waals surface area contributed by atoms with Crippen LogP contribution in [0.5, 0.6) is 5.75 Å². The van der Waals surface area contributed by atoms with Crippen molar-refractivity contribution in [3.63, 3.8) is 0 Å². The summed E-state index contributed by atoms with van der Waals surface area (Å²) in [6.07, 6.45) is 2.07. The van der Waals surface area contributed by atoms with Crippen molar-refractivity contribution < 1.29 is 14.3 Å². The Bertz CT molecular complexity index is 816. The van der Waals surface area contributed by atoms with E-state index in [1.54, 1.807) is 12.1 Å². The van der Waals surface area contributed by atoms with E-state index in [0.717, 1.165) is 23.3 Å². The molecule has 1 atom stereocenters. The van der Waals surface area contributed by atoms with Crippen LogP contribution in [0, 0.1) is 0 Å². The van der Waals surface area contributed by atoms with Crippen LogP contribution in [0.4, 0.5) is 0 Å². The number of H-pyrrole nitrogens is 1. The van der Waals surface area contributed by atoms with E-state index in [-0.39, 0.29) is 11.9 Å². The van der Waals surface area contributed by atoms with Gasteiger partial charge in [0, 0.05) is 28.2 Å². The number of aromatic amines is 1. The van der Waals surface area contributed by atoms with Gasteiger partial charge in [-0.2, -0.15) is 0 Å². The van der Waals surface area contributed by atoms with E-state index in [1.165, 1.54) is 0 Å². The van der Waals surface area contributed by atoms with E-state index in [0.29, 0.717) is 17.7 Å². The second-order valence-corrected chi connectivity index (χ2v) is 5.36. The van der Waals surface area contributed by atoms with Crippen LogP contribution in [0.2, 0.25) is 0 Å². The third kappa shape index (κ3) is 2.49. The number of aromatic nitrogens is 1. The number of benzene rings is 2. The van der Waals surface area contributed by atoms with E-state index in [9.17, 15) is 4.79 Å². The third-order valence-corrected chi connectivity index (χ3v) is 3.79. The van der Waals surface area contributed by atoms with Gasteiger partial charge in [0.05, 0.1) is 6.61 Å². The summed E-state index contributed by atoms with van der Waals surface area (Å²) in [6, 6.07) is 14.9. The molecule has 110 valence electrons. The highest BCUT2D eigenvalue weighted by Gasteiger charge is 2.23. The zero-order chi connectivity index (χ0) is 14.9. The monoisotopic (exact) mass is 293 g/mol. The van der Waals surface area contributed by atoms with Crippen molar-refractivity contribution >= 4 is 16.7 Å². The average Bonchev–Trinajstić information content (AvgIpc) is 3.27. The predicted molar refractivity (Wildman–Crippen MR) is 83.4 cm³/mol. The number of rotatable bonds is 5. The molecule has 0 amide bonds. The van der Waals surface area contributed by atoms with E-state index < -0.39 is 0 Å². The van der Waals surface area contributed by atoms with Crippen LogP contribution in [0.1, 0.15) is 15.9 Å². The van der Waals surface area contributed by atoms with Crippen LogP contribution in [0.3, 0.4) is 0 Å². The van der Waals surface area contributed by atoms with E-state index in [2.05, 4.69) is 4.98 Å². The Kier molecular flexibility index (Phi) is 3.16. The number of ether oxygens (including phenoxy) is 2. The van der Waals surface area contributed by atoms with Crippen molar-refractivity contribution in [1.29, 1.82) is 0 Å². The molecule has 0 spiro atoms. The fourth-order valence-electron chi connectivity index (χ4n) is 2.49. The predicted octanol–water partition coefficient (Wildman–Crippen LogP) is 3.18. The largest absolute Gasteiger partial charge is 0.491 e. The molecule has 2 aromatic carbocycles. The molecule has 1 unspecified atom stereocenters. The zero-order valence-corrected chi connectivity index (χ0v) is 11.9. The summed E-state index contributed by atoms with van der Waals surface area (Å²) in [5, 5.41) is 0.943. The van der Waals surface area contributed by atoms with Gasteiger partial charge in [-0.3, -0.25) is 4.79 Å². The van der Waals surface area contributed by atoms with Crippen LogP contribution in [-0.2, 0) is 4.74 Å². The van der Waals surface area contributed by atoms with Crippen LogP contribution < -0.4 is 4.74 Å². The molecule has 0 radical (unpaired) electrons. The van der Waals surface area contributed by atoms with Gasteiger partial charge in [0.2, 0.25) is 0 Å². The number of nitrogens with one attached hydrogen (secondary N) is 1. The van der Waals surface area contributed by atoms with Crippen molar-refractivity contribution in [1.82, 2.24) is 4.98 Å². The molecule has 1 aliphatic heterocycles. The summed E-state index contributed by atoms with van der Waals surface area (Å²) in [5.74, 6) is 0.772. The maximum atomic E-state index is 12.7. The lowest BCUT2D eigenvalue weighted by Gasteiger charge is -2.06. The Hall–Kier alpha value is -2.59. The molecule has 4 rings (SSSR count). The number of hydrogen-bond acceptors (Lipinski definition) is 3. The fraction of sp³-hybridized carbons (Fsp3) is 0.167. The highest BCUT2D eigenvalue weighted by Crippen LogP contribution is 2.22. The van der Waals surface area contributed by atoms with Crippen molar-refractivity contribution in [2.24, 2.45) is 0 Å². The molecule has 0 aliphatic carbocycles. The fourth-order valence-corrected chi connectivity index (χ4v) is 2.49. The third-order valence-electron chi connectivity index (χ3n) is 3.79. The first-order valence-electron chi connectivity index (χ1n) is 7.26. The van der Waals surface area contributed by atoms with Gasteiger partial charge in [0.15, 0.2) is 5.78 Å². The zero-order valence-electron chi connectivity index (χ0n) is 11.9. The minimum atomic E-state index is 0.0160. The van der Waals surface area contributed by atoms with Crippen LogP contribution in [0.15, 0.2) is 54.7 Å². The number of carbonyl (C=O) groups excluding carboxylic acids is 1. The molecule has 1 fully saturated rings. The summed E-state index contributed by atoms with van der Waals surface area (Å²) < 4.78 is 10.7. The summed E-state index contributed by atoms with van der Waals surface area (Å²) >= 11 is 0. The van der Waals surface area contributed by atoms with Gasteiger partial charge in [-0.1, -0.05) is 12.1 Å². The Morgan fingerprint density at radius 2 is 2.00 bits per heavy atom. The number of ketones is 1. The standard InChI is InChI=1S/C18H15NO3/c20-18(16-2-1-3-17-15(16)8-9-19-17)12-4-6-13(7-5-12)21-10-14-11-22-14/h1-9,14,19H,10-11H2. The van der Waals surface area contributed by atoms with Crippen LogP contribution in [0.25, 0.3) is 10.9 Å². The first kappa shape index (κ1) is 13.1. The smallest absolute Gasteiger partial charge is 0.193 e. The summed E-state index contributed by atoms with van der Waals surface area (Å²) in [7, 11) is 0. The number of carbonyl (C=O) groups is 1. The summed E-state index contributed by atoms with van der Waals surface area (Å²) in [5.41, 5.74) is 2.33. The van der Waals surface area contributed by atoms with Gasteiger partial charge < -0.3 is 14.5 Å². The molecular formula is C18H15NO3. The second kappa shape index (κ2) is 5.31. The Morgan fingerprint density at radius 3 is 2.77 bits per heavy atom. The second-order valence-electron chi connectivity index (χ2n) is 5.36. The molecule has 2 heterocycles. The average molecular weight is 293 g/mol. The van der Waals surface area contributed by atoms with Gasteiger partial charge >= 0.3 is 0 Å². The lowest BCUT2D eigenvalue weighted by atomic mass is 10.00. The minimum Gasteiger partial charge on any atom is -0.491 e. The first-order chi connectivity index (χ1) is 10.8. The Morgan fingerprint density at radius 1 is 1.18 bits per heavy atom. The van der Waals surface area contributed by atoms with Gasteiger partial charge in [0.25, 0.3) is 0 Å². The molecule has 1 aromatic heterocycles. The molecular weight excluding hydrogens is 278 g/mol. The van der Waals surface area contributed by atoms with E-state index >= 15 is 0 Å². The quantitative estimate of drug-likeness (QED) is 0.580. The molecule has 4 nitrogen and oxygen atoms in total. The SMILES string of the molecule is O=C(c1ccc(OCC2CO2)cc1)c1cccc2[nH]ccc12. The van der Waals surface area contributed by atoms with Crippen LogP contribution >= 0.6 is 0 Å². The van der Waals surface area contributed by atoms with Crippen molar-refractivity contribution in [3.05, 3.63) is 65.9 Å². The highest BCUT2D eigenvalue weighted by atomic mass is 16.6. The topological polar surface area (TPSA) is 54.6 Å².